The van der Waals surface area contributed by atoms with E-state index in [1.54, 1.807) is 10.9 Å². The molecule has 0 spiro atoms. The molecule has 0 unspecified atom stereocenters. The van der Waals surface area contributed by atoms with Crippen molar-refractivity contribution in [2.75, 3.05) is 32.1 Å². The minimum atomic E-state index is 0.498. The lowest BCUT2D eigenvalue weighted by Gasteiger charge is -2.27. The average Bonchev–Trinajstić information content (AvgIpc) is 3.09. The summed E-state index contributed by atoms with van der Waals surface area (Å²) in [6, 6.07) is 4.28. The van der Waals surface area contributed by atoms with Crippen LogP contribution in [0.15, 0.2) is 30.7 Å². The summed E-state index contributed by atoms with van der Waals surface area (Å²) in [6.45, 7) is 2.07. The second kappa shape index (κ2) is 5.58. The normalized spacial score (nSPS) is 18.9. The summed E-state index contributed by atoms with van der Waals surface area (Å²) >= 11 is 0. The van der Waals surface area contributed by atoms with Crippen LogP contribution in [-0.4, -0.2) is 57.9 Å². The highest BCUT2D eigenvalue weighted by molar-refractivity contribution is 5.37. The molecular weight excluding hydrogens is 252 g/mol. The van der Waals surface area contributed by atoms with Crippen molar-refractivity contribution in [1.29, 1.82) is 0 Å². The van der Waals surface area contributed by atoms with E-state index in [-0.39, 0.29) is 0 Å². The molecule has 0 aromatic carbocycles. The van der Waals surface area contributed by atoms with Gasteiger partial charge in [-0.1, -0.05) is 0 Å². The molecule has 2 aromatic rings. The van der Waals surface area contributed by atoms with Gasteiger partial charge in [0.05, 0.1) is 0 Å². The first kappa shape index (κ1) is 13.1. The largest absolute Gasteiger partial charge is 0.336 e. The minimum Gasteiger partial charge on any atom is -0.336 e. The molecule has 2 aromatic heterocycles. The molecule has 0 bridgehead atoms. The van der Waals surface area contributed by atoms with Gasteiger partial charge in [0.1, 0.15) is 0 Å². The fourth-order valence-electron chi connectivity index (χ4n) is 2.72. The van der Waals surface area contributed by atoms with Crippen LogP contribution in [0.2, 0.25) is 0 Å². The van der Waals surface area contributed by atoms with Gasteiger partial charge in [0.15, 0.2) is 5.82 Å². The van der Waals surface area contributed by atoms with Crippen LogP contribution >= 0.6 is 0 Å². The van der Waals surface area contributed by atoms with E-state index in [1.165, 1.54) is 12.8 Å². The molecule has 20 heavy (non-hydrogen) atoms. The van der Waals surface area contributed by atoms with Crippen molar-refractivity contribution < 1.29 is 0 Å². The molecule has 3 heterocycles. The van der Waals surface area contributed by atoms with E-state index >= 15 is 0 Å². The van der Waals surface area contributed by atoms with Gasteiger partial charge in [0.25, 0.3) is 0 Å². The maximum absolute atomic E-state index is 4.65. The number of nitrogens with zero attached hydrogens (tertiary/aromatic N) is 6. The molecule has 0 radical (unpaired) electrons. The topological polar surface area (TPSA) is 50.1 Å². The molecule has 1 atom stereocenters. The summed E-state index contributed by atoms with van der Waals surface area (Å²) in [5, 5.41) is 4.22. The molecular formula is C14H20N6. The van der Waals surface area contributed by atoms with Crippen LogP contribution in [0.1, 0.15) is 12.8 Å². The lowest BCUT2D eigenvalue weighted by atomic mass is 10.2. The molecule has 0 N–H and O–H groups in total. The van der Waals surface area contributed by atoms with E-state index in [0.717, 1.165) is 24.9 Å². The predicted molar refractivity (Wildman–Crippen MR) is 78.1 cm³/mol. The summed E-state index contributed by atoms with van der Waals surface area (Å²) in [5.74, 6) is 1.62. The molecule has 1 aliphatic rings. The second-order valence-corrected chi connectivity index (χ2v) is 5.42. The Balaban J connectivity index is 1.84. The van der Waals surface area contributed by atoms with Crippen molar-refractivity contribution in [3.05, 3.63) is 30.7 Å². The maximum atomic E-state index is 4.65. The molecule has 0 saturated carbocycles. The highest BCUT2D eigenvalue weighted by atomic mass is 15.3. The standard InChI is InChI=1S/C14H20N6/c1-18(2)11-12-5-3-9-19(12)14-15-8-6-13(17-14)20-10-4-7-16-20/h4,6-8,10,12H,3,5,9,11H2,1-2H3/t12-/m0/s1. The first-order chi connectivity index (χ1) is 9.74. The zero-order chi connectivity index (χ0) is 13.9. The van der Waals surface area contributed by atoms with Gasteiger partial charge in [-0.05, 0) is 33.0 Å². The number of likely N-dealkylation sites (N-methyl/N-ethyl adjacent to an activating group) is 1. The molecule has 1 fully saturated rings. The minimum absolute atomic E-state index is 0.498. The van der Waals surface area contributed by atoms with Crippen LogP contribution < -0.4 is 4.90 Å². The molecule has 106 valence electrons. The van der Waals surface area contributed by atoms with Crippen LogP contribution in [0.3, 0.4) is 0 Å². The fraction of sp³-hybridized carbons (Fsp3) is 0.500. The molecule has 1 aliphatic heterocycles. The summed E-state index contributed by atoms with van der Waals surface area (Å²) < 4.78 is 1.77. The molecule has 3 rings (SSSR count). The monoisotopic (exact) mass is 272 g/mol. The van der Waals surface area contributed by atoms with E-state index in [9.17, 15) is 0 Å². The lowest BCUT2D eigenvalue weighted by Crippen LogP contribution is -2.38. The van der Waals surface area contributed by atoms with Gasteiger partial charge in [-0.2, -0.15) is 10.1 Å². The first-order valence-electron chi connectivity index (χ1n) is 6.98. The highest BCUT2D eigenvalue weighted by Gasteiger charge is 2.27. The van der Waals surface area contributed by atoms with Gasteiger partial charge in [0, 0.05) is 43.8 Å². The second-order valence-electron chi connectivity index (χ2n) is 5.42. The first-order valence-corrected chi connectivity index (χ1v) is 6.98. The van der Waals surface area contributed by atoms with Gasteiger partial charge < -0.3 is 9.80 Å². The highest BCUT2D eigenvalue weighted by Crippen LogP contribution is 2.23. The number of anilines is 1. The average molecular weight is 272 g/mol. The number of aromatic nitrogens is 4. The maximum Gasteiger partial charge on any atom is 0.227 e. The van der Waals surface area contributed by atoms with Crippen LogP contribution in [-0.2, 0) is 0 Å². The zero-order valence-electron chi connectivity index (χ0n) is 12.0. The Labute approximate surface area is 119 Å². The Morgan fingerprint density at radius 2 is 2.25 bits per heavy atom. The fourth-order valence-corrected chi connectivity index (χ4v) is 2.72. The van der Waals surface area contributed by atoms with Gasteiger partial charge in [-0.25, -0.2) is 9.67 Å². The molecule has 0 amide bonds. The van der Waals surface area contributed by atoms with Gasteiger partial charge in [0.2, 0.25) is 5.95 Å². The Morgan fingerprint density at radius 1 is 1.35 bits per heavy atom. The van der Waals surface area contributed by atoms with Crippen molar-refractivity contribution in [3.8, 4) is 5.82 Å². The van der Waals surface area contributed by atoms with Crippen molar-refractivity contribution >= 4 is 5.95 Å². The van der Waals surface area contributed by atoms with Gasteiger partial charge in [-0.3, -0.25) is 0 Å². The van der Waals surface area contributed by atoms with E-state index in [1.807, 2.05) is 24.5 Å². The Hall–Kier alpha value is -1.95. The summed E-state index contributed by atoms with van der Waals surface area (Å²) in [4.78, 5) is 13.6. The van der Waals surface area contributed by atoms with E-state index in [2.05, 4.69) is 39.0 Å². The molecule has 6 nitrogen and oxygen atoms in total. The smallest absolute Gasteiger partial charge is 0.227 e. The lowest BCUT2D eigenvalue weighted by molar-refractivity contribution is 0.371. The number of rotatable bonds is 4. The number of hydrogen-bond donors (Lipinski definition) is 0. The zero-order valence-corrected chi connectivity index (χ0v) is 12.0. The Morgan fingerprint density at radius 3 is 3.00 bits per heavy atom. The third-order valence-corrected chi connectivity index (χ3v) is 3.58. The Kier molecular flexibility index (Phi) is 3.64. The van der Waals surface area contributed by atoms with Crippen molar-refractivity contribution in [2.45, 2.75) is 18.9 Å². The van der Waals surface area contributed by atoms with Crippen molar-refractivity contribution in [3.63, 3.8) is 0 Å². The third kappa shape index (κ3) is 2.65. The molecule has 1 saturated heterocycles. The van der Waals surface area contributed by atoms with Crippen molar-refractivity contribution in [1.82, 2.24) is 24.6 Å². The Bertz CT molecular complexity index is 551. The van der Waals surface area contributed by atoms with Crippen molar-refractivity contribution in [2.24, 2.45) is 0 Å². The molecule has 0 aliphatic carbocycles. The SMILES string of the molecule is CN(C)C[C@@H]1CCCN1c1nccc(-n2cccn2)n1. The van der Waals surface area contributed by atoms with E-state index < -0.39 is 0 Å². The quantitative estimate of drug-likeness (QED) is 0.837. The van der Waals surface area contributed by atoms with E-state index in [0.29, 0.717) is 6.04 Å². The van der Waals surface area contributed by atoms with Gasteiger partial charge in [-0.15, -0.1) is 0 Å². The van der Waals surface area contributed by atoms with Crippen LogP contribution in [0, 0.1) is 0 Å². The summed E-state index contributed by atoms with van der Waals surface area (Å²) in [7, 11) is 4.22. The summed E-state index contributed by atoms with van der Waals surface area (Å²) in [5.41, 5.74) is 0. The summed E-state index contributed by atoms with van der Waals surface area (Å²) in [6.07, 6.45) is 7.87. The number of hydrogen-bond acceptors (Lipinski definition) is 5. The molecule has 6 heteroatoms. The van der Waals surface area contributed by atoms with Crippen LogP contribution in [0.5, 0.6) is 0 Å². The van der Waals surface area contributed by atoms with Crippen LogP contribution in [0.4, 0.5) is 5.95 Å². The third-order valence-electron chi connectivity index (χ3n) is 3.58. The van der Waals surface area contributed by atoms with Gasteiger partial charge >= 0.3 is 0 Å². The van der Waals surface area contributed by atoms with Crippen LogP contribution in [0.25, 0.3) is 5.82 Å². The van der Waals surface area contributed by atoms with E-state index in [4.69, 9.17) is 0 Å². The predicted octanol–water partition coefficient (Wildman–Crippen LogP) is 1.19.